The monoisotopic (exact) mass is 273 g/mol. The molecule has 4 nitrogen and oxygen atoms in total. The van der Waals surface area contributed by atoms with E-state index < -0.39 is 42.3 Å². The lowest BCUT2D eigenvalue weighted by atomic mass is 10.1. The van der Waals surface area contributed by atoms with Crippen molar-refractivity contribution in [3.63, 3.8) is 0 Å². The molecule has 0 aliphatic carbocycles. The molecule has 0 aliphatic rings. The first-order valence-corrected chi connectivity index (χ1v) is 4.51. The lowest BCUT2D eigenvalue weighted by molar-refractivity contribution is -0.276. The zero-order valence-corrected chi connectivity index (χ0v) is 8.96. The van der Waals surface area contributed by atoms with Crippen LogP contribution in [0, 0.1) is 0 Å². The van der Waals surface area contributed by atoms with Gasteiger partial charge in [-0.2, -0.15) is 4.98 Å². The van der Waals surface area contributed by atoms with Crippen LogP contribution >= 0.6 is 0 Å². The van der Waals surface area contributed by atoms with Crippen LogP contribution in [0.5, 0.6) is 11.8 Å². The van der Waals surface area contributed by atoms with Gasteiger partial charge in [0.2, 0.25) is 11.8 Å². The van der Waals surface area contributed by atoms with Crippen LogP contribution in [0.3, 0.4) is 0 Å². The van der Waals surface area contributed by atoms with Crippen molar-refractivity contribution in [1.29, 1.82) is 0 Å². The van der Waals surface area contributed by atoms with E-state index in [-0.39, 0.29) is 0 Å². The maximum atomic E-state index is 12.6. The van der Waals surface area contributed by atoms with Gasteiger partial charge >= 0.3 is 6.36 Å². The van der Waals surface area contributed by atoms with Crippen molar-refractivity contribution in [3.05, 3.63) is 17.2 Å². The van der Waals surface area contributed by atoms with Crippen molar-refractivity contribution in [3.8, 4) is 11.8 Å². The number of pyridine rings is 1. The number of hydrogen-bond donors (Lipinski definition) is 1. The van der Waals surface area contributed by atoms with Gasteiger partial charge in [0.05, 0.1) is 13.7 Å². The predicted molar refractivity (Wildman–Crippen MR) is 48.4 cm³/mol. The molecule has 0 aromatic carbocycles. The SMILES string of the molecule is COc1cc(C(F)F)c(CO)c(OC(F)(F)F)n1. The van der Waals surface area contributed by atoms with Crippen LogP contribution in [-0.2, 0) is 6.61 Å². The van der Waals surface area contributed by atoms with E-state index in [1.54, 1.807) is 0 Å². The Morgan fingerprint density at radius 1 is 1.39 bits per heavy atom. The van der Waals surface area contributed by atoms with E-state index in [1.807, 2.05) is 0 Å². The number of rotatable bonds is 4. The lowest BCUT2D eigenvalue weighted by Crippen LogP contribution is -2.20. The number of alkyl halides is 5. The molecule has 0 saturated carbocycles. The number of methoxy groups -OCH3 is 1. The molecule has 0 saturated heterocycles. The van der Waals surface area contributed by atoms with Gasteiger partial charge in [-0.15, -0.1) is 13.2 Å². The molecule has 0 bridgehead atoms. The highest BCUT2D eigenvalue weighted by Gasteiger charge is 2.34. The summed E-state index contributed by atoms with van der Waals surface area (Å²) in [5, 5.41) is 8.85. The third-order valence-electron chi connectivity index (χ3n) is 1.91. The number of hydrogen-bond acceptors (Lipinski definition) is 4. The van der Waals surface area contributed by atoms with Crippen molar-refractivity contribution in [1.82, 2.24) is 4.98 Å². The van der Waals surface area contributed by atoms with Crippen LogP contribution in [0.2, 0.25) is 0 Å². The topological polar surface area (TPSA) is 51.6 Å². The molecule has 0 spiro atoms. The van der Waals surface area contributed by atoms with E-state index in [0.29, 0.717) is 0 Å². The predicted octanol–water partition coefficient (Wildman–Crippen LogP) is 2.42. The second kappa shape index (κ2) is 5.34. The normalized spacial score (nSPS) is 11.8. The molecule has 9 heteroatoms. The van der Waals surface area contributed by atoms with Gasteiger partial charge in [0.1, 0.15) is 0 Å². The Morgan fingerprint density at radius 3 is 2.39 bits per heavy atom. The molecule has 0 amide bonds. The van der Waals surface area contributed by atoms with Gasteiger partial charge in [0.25, 0.3) is 6.43 Å². The third kappa shape index (κ3) is 3.42. The van der Waals surface area contributed by atoms with Crippen LogP contribution in [0.15, 0.2) is 6.07 Å². The summed E-state index contributed by atoms with van der Waals surface area (Å²) in [6, 6.07) is 0.736. The quantitative estimate of drug-likeness (QED) is 0.856. The van der Waals surface area contributed by atoms with Gasteiger partial charge in [0, 0.05) is 17.2 Å². The average Bonchev–Trinajstić information content (AvgIpc) is 2.25. The summed E-state index contributed by atoms with van der Waals surface area (Å²) >= 11 is 0. The molecule has 18 heavy (non-hydrogen) atoms. The van der Waals surface area contributed by atoms with Crippen molar-refractivity contribution < 1.29 is 36.5 Å². The first-order chi connectivity index (χ1) is 8.28. The Labute approximate surface area is 98.0 Å². The van der Waals surface area contributed by atoms with Crippen LogP contribution in [0.4, 0.5) is 22.0 Å². The van der Waals surface area contributed by atoms with Gasteiger partial charge < -0.3 is 14.6 Å². The molecule has 0 unspecified atom stereocenters. The summed E-state index contributed by atoms with van der Waals surface area (Å²) in [5.41, 5.74) is -1.56. The molecular weight excluding hydrogens is 265 g/mol. The molecule has 102 valence electrons. The Kier molecular flexibility index (Phi) is 4.28. The fraction of sp³-hybridized carbons (Fsp3) is 0.444. The molecule has 1 heterocycles. The molecule has 0 aliphatic heterocycles. The number of nitrogens with zero attached hydrogens (tertiary/aromatic N) is 1. The highest BCUT2D eigenvalue weighted by atomic mass is 19.4. The third-order valence-corrected chi connectivity index (χ3v) is 1.91. The van der Waals surface area contributed by atoms with Crippen LogP contribution in [0.1, 0.15) is 17.6 Å². The van der Waals surface area contributed by atoms with Gasteiger partial charge in [0.15, 0.2) is 0 Å². The van der Waals surface area contributed by atoms with E-state index in [9.17, 15) is 22.0 Å². The molecule has 0 fully saturated rings. The summed E-state index contributed by atoms with van der Waals surface area (Å²) in [6.07, 6.45) is -8.21. The average molecular weight is 273 g/mol. The fourth-order valence-corrected chi connectivity index (χ4v) is 1.20. The summed E-state index contributed by atoms with van der Waals surface area (Å²) in [4.78, 5) is 3.23. The summed E-state index contributed by atoms with van der Waals surface area (Å²) in [5.74, 6) is -1.62. The number of aliphatic hydroxyl groups excluding tert-OH is 1. The van der Waals surface area contributed by atoms with E-state index >= 15 is 0 Å². The van der Waals surface area contributed by atoms with Gasteiger partial charge in [-0.3, -0.25) is 0 Å². The van der Waals surface area contributed by atoms with E-state index in [0.717, 1.165) is 13.2 Å². The molecule has 0 radical (unpaired) electrons. The molecule has 1 aromatic heterocycles. The number of aliphatic hydroxyl groups is 1. The van der Waals surface area contributed by atoms with Crippen molar-refractivity contribution in [2.24, 2.45) is 0 Å². The highest BCUT2D eigenvalue weighted by molar-refractivity contribution is 5.39. The summed E-state index contributed by atoms with van der Waals surface area (Å²) in [7, 11) is 1.05. The maximum Gasteiger partial charge on any atom is 0.574 e. The van der Waals surface area contributed by atoms with Gasteiger partial charge in [-0.25, -0.2) is 8.78 Å². The van der Waals surface area contributed by atoms with Crippen LogP contribution < -0.4 is 9.47 Å². The lowest BCUT2D eigenvalue weighted by Gasteiger charge is -2.15. The molecule has 1 N–H and O–H groups in total. The molecule has 0 atom stereocenters. The largest absolute Gasteiger partial charge is 0.574 e. The standard InChI is InChI=1S/C9H8F5NO3/c1-17-6-2-4(7(10)11)5(3-16)8(15-6)18-9(12,13)14/h2,7,16H,3H2,1H3. The zero-order valence-electron chi connectivity index (χ0n) is 8.96. The minimum atomic E-state index is -5.11. The van der Waals surface area contributed by atoms with E-state index in [2.05, 4.69) is 14.5 Å². The Balaban J connectivity index is 3.33. The number of aromatic nitrogens is 1. The van der Waals surface area contributed by atoms with Crippen molar-refractivity contribution in [2.45, 2.75) is 19.4 Å². The second-order valence-corrected chi connectivity index (χ2v) is 3.04. The minimum absolute atomic E-state index is 0.471. The fourth-order valence-electron chi connectivity index (χ4n) is 1.20. The van der Waals surface area contributed by atoms with Crippen molar-refractivity contribution in [2.75, 3.05) is 7.11 Å². The van der Waals surface area contributed by atoms with E-state index in [1.165, 1.54) is 0 Å². The van der Waals surface area contributed by atoms with Crippen LogP contribution in [0.25, 0.3) is 0 Å². The minimum Gasteiger partial charge on any atom is -0.481 e. The van der Waals surface area contributed by atoms with Gasteiger partial charge in [-0.1, -0.05) is 0 Å². The second-order valence-electron chi connectivity index (χ2n) is 3.04. The van der Waals surface area contributed by atoms with E-state index in [4.69, 9.17) is 5.11 Å². The Hall–Kier alpha value is -1.64. The Morgan fingerprint density at radius 2 is 2.00 bits per heavy atom. The smallest absolute Gasteiger partial charge is 0.481 e. The molecular formula is C9H8F5NO3. The number of ether oxygens (including phenoxy) is 2. The number of halogens is 5. The highest BCUT2D eigenvalue weighted by Crippen LogP contribution is 2.34. The molecule has 1 rings (SSSR count). The first-order valence-electron chi connectivity index (χ1n) is 4.51. The molecule has 1 aromatic rings. The van der Waals surface area contributed by atoms with Gasteiger partial charge in [-0.05, 0) is 0 Å². The maximum absolute atomic E-state index is 12.6. The summed E-state index contributed by atoms with van der Waals surface area (Å²) < 4.78 is 69.3. The van der Waals surface area contributed by atoms with Crippen LogP contribution in [-0.4, -0.2) is 23.6 Å². The first kappa shape index (κ1) is 14.4. The summed E-state index contributed by atoms with van der Waals surface area (Å²) in [6.45, 7) is -1.07. The zero-order chi connectivity index (χ0) is 13.9. The Bertz CT molecular complexity index is 421. The van der Waals surface area contributed by atoms with Crippen molar-refractivity contribution >= 4 is 0 Å².